The summed E-state index contributed by atoms with van der Waals surface area (Å²) in [5, 5.41) is 18.2. The van der Waals surface area contributed by atoms with Crippen LogP contribution < -0.4 is 10.6 Å². The molecule has 2 heterocycles. The highest BCUT2D eigenvalue weighted by Crippen LogP contribution is 2.19. The van der Waals surface area contributed by atoms with Gasteiger partial charge in [-0.1, -0.05) is 6.92 Å². The SMILES string of the molecule is CCc1cc(NC(C)C(=O)Nc2ccc(F)cc2C)c2nncn2n1. The van der Waals surface area contributed by atoms with Crippen LogP contribution >= 0.6 is 0 Å². The highest BCUT2D eigenvalue weighted by molar-refractivity contribution is 5.97. The molecule has 0 aliphatic rings. The number of anilines is 2. The zero-order valence-corrected chi connectivity index (χ0v) is 14.2. The molecule has 2 N–H and O–H groups in total. The van der Waals surface area contributed by atoms with Crippen LogP contribution in [0.3, 0.4) is 0 Å². The maximum absolute atomic E-state index is 13.2. The molecule has 3 aromatic rings. The number of nitrogens with zero attached hydrogens (tertiary/aromatic N) is 4. The van der Waals surface area contributed by atoms with Crippen molar-refractivity contribution in [3.8, 4) is 0 Å². The first-order valence-electron chi connectivity index (χ1n) is 8.01. The van der Waals surface area contributed by atoms with Crippen LogP contribution in [-0.4, -0.2) is 31.8 Å². The van der Waals surface area contributed by atoms with Crippen molar-refractivity contribution in [2.45, 2.75) is 33.2 Å². The molecule has 0 fully saturated rings. The van der Waals surface area contributed by atoms with Gasteiger partial charge >= 0.3 is 0 Å². The molecule has 7 nitrogen and oxygen atoms in total. The van der Waals surface area contributed by atoms with E-state index in [4.69, 9.17) is 0 Å². The van der Waals surface area contributed by atoms with Crippen molar-refractivity contribution in [3.05, 3.63) is 47.7 Å². The molecule has 1 amide bonds. The summed E-state index contributed by atoms with van der Waals surface area (Å²) in [4.78, 5) is 12.5. The van der Waals surface area contributed by atoms with Crippen LogP contribution in [0.25, 0.3) is 5.65 Å². The molecule has 0 aliphatic heterocycles. The standard InChI is InChI=1S/C17H19FN6O/c1-4-13-8-15(16-22-19-9-24(16)23-13)20-11(3)17(25)21-14-6-5-12(18)7-10(14)2/h5-9,11,20H,4H2,1-3H3,(H,21,25). The predicted molar refractivity (Wildman–Crippen MR) is 93.0 cm³/mol. The van der Waals surface area contributed by atoms with E-state index in [1.807, 2.05) is 13.0 Å². The van der Waals surface area contributed by atoms with Gasteiger partial charge in [0.25, 0.3) is 0 Å². The van der Waals surface area contributed by atoms with E-state index in [1.54, 1.807) is 24.4 Å². The van der Waals surface area contributed by atoms with Crippen molar-refractivity contribution >= 4 is 22.9 Å². The molecule has 8 heteroatoms. The first-order valence-corrected chi connectivity index (χ1v) is 8.01. The van der Waals surface area contributed by atoms with Crippen LogP contribution in [0.5, 0.6) is 0 Å². The van der Waals surface area contributed by atoms with E-state index >= 15 is 0 Å². The smallest absolute Gasteiger partial charge is 0.246 e. The summed E-state index contributed by atoms with van der Waals surface area (Å²) in [5.74, 6) is -0.568. The van der Waals surface area contributed by atoms with Gasteiger partial charge in [-0.15, -0.1) is 10.2 Å². The van der Waals surface area contributed by atoms with Gasteiger partial charge in [-0.2, -0.15) is 9.61 Å². The van der Waals surface area contributed by atoms with Crippen LogP contribution in [0.15, 0.2) is 30.6 Å². The molecule has 2 aromatic heterocycles. The third-order valence-corrected chi connectivity index (χ3v) is 3.89. The van der Waals surface area contributed by atoms with Crippen LogP contribution in [-0.2, 0) is 11.2 Å². The Bertz CT molecular complexity index is 923. The van der Waals surface area contributed by atoms with Crippen molar-refractivity contribution in [3.63, 3.8) is 0 Å². The van der Waals surface area contributed by atoms with Crippen molar-refractivity contribution < 1.29 is 9.18 Å². The van der Waals surface area contributed by atoms with E-state index in [1.165, 1.54) is 18.5 Å². The Balaban J connectivity index is 1.78. The minimum atomic E-state index is -0.531. The van der Waals surface area contributed by atoms with Crippen molar-refractivity contribution in [1.82, 2.24) is 19.8 Å². The first-order chi connectivity index (χ1) is 12.0. The summed E-state index contributed by atoms with van der Waals surface area (Å²) >= 11 is 0. The normalized spacial score (nSPS) is 12.2. The average Bonchev–Trinajstić information content (AvgIpc) is 3.05. The van der Waals surface area contributed by atoms with Crippen LogP contribution in [0.1, 0.15) is 25.1 Å². The van der Waals surface area contributed by atoms with Gasteiger partial charge in [-0.25, -0.2) is 4.39 Å². The quantitative estimate of drug-likeness (QED) is 0.744. The number of rotatable bonds is 5. The molecule has 25 heavy (non-hydrogen) atoms. The van der Waals surface area contributed by atoms with E-state index in [0.717, 1.165) is 12.1 Å². The number of aromatic nitrogens is 4. The molecule has 0 bridgehead atoms. The Kier molecular flexibility index (Phi) is 4.60. The maximum Gasteiger partial charge on any atom is 0.246 e. The van der Waals surface area contributed by atoms with E-state index in [-0.39, 0.29) is 11.7 Å². The van der Waals surface area contributed by atoms with Crippen molar-refractivity contribution in [2.24, 2.45) is 0 Å². The highest BCUT2D eigenvalue weighted by atomic mass is 19.1. The number of halogens is 1. The second-order valence-corrected chi connectivity index (χ2v) is 5.82. The Labute approximate surface area is 144 Å². The number of carbonyl (C=O) groups excluding carboxylic acids is 1. The Hall–Kier alpha value is -3.03. The van der Waals surface area contributed by atoms with Crippen molar-refractivity contribution in [2.75, 3.05) is 10.6 Å². The summed E-state index contributed by atoms with van der Waals surface area (Å²) in [6.45, 7) is 5.48. The number of carbonyl (C=O) groups is 1. The minimum Gasteiger partial charge on any atom is -0.371 e. The molecule has 1 atom stereocenters. The lowest BCUT2D eigenvalue weighted by Crippen LogP contribution is -2.32. The number of aryl methyl sites for hydroxylation is 2. The summed E-state index contributed by atoms with van der Waals surface area (Å²) in [7, 11) is 0. The lowest BCUT2D eigenvalue weighted by atomic mass is 10.2. The average molecular weight is 342 g/mol. The van der Waals surface area contributed by atoms with E-state index in [0.29, 0.717) is 22.6 Å². The summed E-state index contributed by atoms with van der Waals surface area (Å²) in [6.07, 6.45) is 2.27. The fourth-order valence-electron chi connectivity index (χ4n) is 2.46. The number of fused-ring (bicyclic) bond motifs is 1. The fraction of sp³-hybridized carbons (Fsp3) is 0.294. The van der Waals surface area contributed by atoms with E-state index in [9.17, 15) is 9.18 Å². The molecule has 0 radical (unpaired) electrons. The van der Waals surface area contributed by atoms with E-state index in [2.05, 4.69) is 25.9 Å². The number of benzene rings is 1. The number of amides is 1. The van der Waals surface area contributed by atoms with Gasteiger partial charge in [0.2, 0.25) is 11.6 Å². The van der Waals surface area contributed by atoms with Crippen LogP contribution in [0.2, 0.25) is 0 Å². The molecule has 130 valence electrons. The van der Waals surface area contributed by atoms with Gasteiger partial charge in [0.15, 0.2) is 0 Å². The maximum atomic E-state index is 13.2. The molecule has 0 saturated carbocycles. The lowest BCUT2D eigenvalue weighted by molar-refractivity contribution is -0.116. The molecule has 0 saturated heterocycles. The molecular weight excluding hydrogens is 323 g/mol. The second kappa shape index (κ2) is 6.84. The molecular formula is C17H19FN6O. The zero-order chi connectivity index (χ0) is 18.0. The number of hydrogen-bond acceptors (Lipinski definition) is 5. The Morgan fingerprint density at radius 1 is 1.32 bits per heavy atom. The Morgan fingerprint density at radius 2 is 2.12 bits per heavy atom. The molecule has 3 rings (SSSR count). The first kappa shape index (κ1) is 16.8. The van der Waals surface area contributed by atoms with Gasteiger partial charge in [0.05, 0.1) is 11.4 Å². The summed E-state index contributed by atoms with van der Waals surface area (Å²) in [5.41, 5.74) is 3.34. The zero-order valence-electron chi connectivity index (χ0n) is 14.2. The molecule has 1 aromatic carbocycles. The van der Waals surface area contributed by atoms with Gasteiger partial charge in [0, 0.05) is 5.69 Å². The summed E-state index contributed by atoms with van der Waals surface area (Å²) < 4.78 is 14.8. The van der Waals surface area contributed by atoms with Crippen molar-refractivity contribution in [1.29, 1.82) is 0 Å². The van der Waals surface area contributed by atoms with Crippen LogP contribution in [0.4, 0.5) is 15.8 Å². The lowest BCUT2D eigenvalue weighted by Gasteiger charge is -2.17. The predicted octanol–water partition coefficient (Wildman–Crippen LogP) is 2.57. The van der Waals surface area contributed by atoms with E-state index < -0.39 is 6.04 Å². The largest absolute Gasteiger partial charge is 0.371 e. The molecule has 1 unspecified atom stereocenters. The summed E-state index contributed by atoms with van der Waals surface area (Å²) in [6, 6.07) is 5.57. The Morgan fingerprint density at radius 3 is 2.84 bits per heavy atom. The number of hydrogen-bond donors (Lipinski definition) is 2. The molecule has 0 spiro atoms. The van der Waals surface area contributed by atoms with Gasteiger partial charge in [-0.3, -0.25) is 4.79 Å². The fourth-order valence-corrected chi connectivity index (χ4v) is 2.46. The molecule has 0 aliphatic carbocycles. The minimum absolute atomic E-state index is 0.234. The topological polar surface area (TPSA) is 84.2 Å². The third kappa shape index (κ3) is 3.57. The monoisotopic (exact) mass is 342 g/mol. The van der Waals surface area contributed by atoms with Gasteiger partial charge in [-0.05, 0) is 50.1 Å². The highest BCUT2D eigenvalue weighted by Gasteiger charge is 2.17. The number of nitrogens with one attached hydrogen (secondary N) is 2. The van der Waals surface area contributed by atoms with Gasteiger partial charge < -0.3 is 10.6 Å². The second-order valence-electron chi connectivity index (χ2n) is 5.82. The van der Waals surface area contributed by atoms with Gasteiger partial charge in [0.1, 0.15) is 18.2 Å². The third-order valence-electron chi connectivity index (χ3n) is 3.89. The van der Waals surface area contributed by atoms with Crippen LogP contribution in [0, 0.1) is 12.7 Å².